The number of esters is 2. The van der Waals surface area contributed by atoms with Crippen molar-refractivity contribution in [3.8, 4) is 0 Å². The summed E-state index contributed by atoms with van der Waals surface area (Å²) in [6.45, 7) is 2.96. The lowest BCUT2D eigenvalue weighted by Gasteiger charge is -2.08. The Morgan fingerprint density at radius 1 is 1.55 bits per heavy atom. The molecule has 0 amide bonds. The predicted octanol–water partition coefficient (Wildman–Crippen LogP) is 0.923. The number of carbonyl (C=O) groups excluding carboxylic acids is 2. The molecule has 7 heteroatoms. The Labute approximate surface area is 114 Å². The SMILES string of the molecule is CCn1nnc2cc(C(=O)O[C@@H]3CCOC3=O)ccc21. The predicted molar refractivity (Wildman–Crippen MR) is 68.0 cm³/mol. The zero-order chi connectivity index (χ0) is 14.1. The third-order valence-electron chi connectivity index (χ3n) is 3.19. The molecule has 20 heavy (non-hydrogen) atoms. The molecule has 0 aliphatic carbocycles. The van der Waals surface area contributed by atoms with Crippen molar-refractivity contribution >= 4 is 23.0 Å². The van der Waals surface area contributed by atoms with Crippen LogP contribution in [0.5, 0.6) is 0 Å². The molecule has 1 aliphatic rings. The van der Waals surface area contributed by atoms with E-state index >= 15 is 0 Å². The van der Waals surface area contributed by atoms with Gasteiger partial charge in [0, 0.05) is 13.0 Å². The maximum atomic E-state index is 12.0. The quantitative estimate of drug-likeness (QED) is 0.775. The van der Waals surface area contributed by atoms with Gasteiger partial charge in [0.2, 0.25) is 6.10 Å². The van der Waals surface area contributed by atoms with Gasteiger partial charge in [0.15, 0.2) is 0 Å². The van der Waals surface area contributed by atoms with E-state index in [1.54, 1.807) is 22.9 Å². The van der Waals surface area contributed by atoms with Crippen LogP contribution in [0.3, 0.4) is 0 Å². The minimum absolute atomic E-state index is 0.292. The van der Waals surface area contributed by atoms with E-state index in [-0.39, 0.29) is 0 Å². The molecule has 2 heterocycles. The summed E-state index contributed by atoms with van der Waals surface area (Å²) in [6.07, 6.45) is -0.400. The molecule has 0 radical (unpaired) electrons. The molecule has 0 N–H and O–H groups in total. The van der Waals surface area contributed by atoms with Crippen molar-refractivity contribution in [3.05, 3.63) is 23.8 Å². The molecule has 1 aliphatic heterocycles. The fourth-order valence-corrected chi connectivity index (χ4v) is 2.11. The summed E-state index contributed by atoms with van der Waals surface area (Å²) in [5, 5.41) is 7.96. The van der Waals surface area contributed by atoms with Crippen molar-refractivity contribution in [2.45, 2.75) is 26.0 Å². The summed E-state index contributed by atoms with van der Waals surface area (Å²) in [6, 6.07) is 5.01. The molecular weight excluding hydrogens is 262 g/mol. The first-order chi connectivity index (χ1) is 9.69. The lowest BCUT2D eigenvalue weighted by Crippen LogP contribution is -2.22. The average molecular weight is 275 g/mol. The van der Waals surface area contributed by atoms with Crippen LogP contribution in [0, 0.1) is 0 Å². The topological polar surface area (TPSA) is 83.3 Å². The zero-order valence-electron chi connectivity index (χ0n) is 10.9. The number of aromatic nitrogens is 3. The van der Waals surface area contributed by atoms with Gasteiger partial charge in [-0.3, -0.25) is 0 Å². The minimum Gasteiger partial charge on any atom is -0.463 e. The molecule has 7 nitrogen and oxygen atoms in total. The van der Waals surface area contributed by atoms with Gasteiger partial charge in [-0.15, -0.1) is 5.10 Å². The van der Waals surface area contributed by atoms with Gasteiger partial charge in [-0.2, -0.15) is 0 Å². The van der Waals surface area contributed by atoms with Crippen LogP contribution in [-0.2, 0) is 20.8 Å². The highest BCUT2D eigenvalue weighted by molar-refractivity contribution is 5.95. The third-order valence-corrected chi connectivity index (χ3v) is 3.19. The Morgan fingerprint density at radius 3 is 3.10 bits per heavy atom. The number of cyclic esters (lactones) is 1. The summed E-state index contributed by atoms with van der Waals surface area (Å²) in [7, 11) is 0. The van der Waals surface area contributed by atoms with E-state index in [1.165, 1.54) is 0 Å². The monoisotopic (exact) mass is 275 g/mol. The van der Waals surface area contributed by atoms with Gasteiger partial charge in [0.25, 0.3) is 0 Å². The van der Waals surface area contributed by atoms with E-state index in [2.05, 4.69) is 10.3 Å². The normalized spacial score (nSPS) is 18.2. The fourth-order valence-electron chi connectivity index (χ4n) is 2.11. The van der Waals surface area contributed by atoms with Crippen LogP contribution in [0.25, 0.3) is 11.0 Å². The van der Waals surface area contributed by atoms with Crippen LogP contribution < -0.4 is 0 Å². The molecule has 1 saturated heterocycles. The van der Waals surface area contributed by atoms with Gasteiger partial charge in [0.1, 0.15) is 5.52 Å². The van der Waals surface area contributed by atoms with Crippen molar-refractivity contribution in [2.24, 2.45) is 0 Å². The number of fused-ring (bicyclic) bond motifs is 1. The van der Waals surface area contributed by atoms with Crippen LogP contribution >= 0.6 is 0 Å². The van der Waals surface area contributed by atoms with Crippen molar-refractivity contribution in [1.29, 1.82) is 0 Å². The molecule has 0 unspecified atom stereocenters. The highest BCUT2D eigenvalue weighted by Gasteiger charge is 2.30. The van der Waals surface area contributed by atoms with Gasteiger partial charge in [-0.25, -0.2) is 14.3 Å². The molecule has 0 spiro atoms. The van der Waals surface area contributed by atoms with Crippen molar-refractivity contribution in [2.75, 3.05) is 6.61 Å². The van der Waals surface area contributed by atoms with Crippen LogP contribution in [0.2, 0.25) is 0 Å². The second-order valence-electron chi connectivity index (χ2n) is 4.46. The van der Waals surface area contributed by atoms with Crippen LogP contribution in [0.15, 0.2) is 18.2 Å². The first kappa shape index (κ1) is 12.6. The molecule has 1 aromatic heterocycles. The number of aryl methyl sites for hydroxylation is 1. The minimum atomic E-state index is -0.801. The Balaban J connectivity index is 1.82. The van der Waals surface area contributed by atoms with Gasteiger partial charge in [0.05, 0.1) is 17.7 Å². The first-order valence-electron chi connectivity index (χ1n) is 6.40. The third kappa shape index (κ3) is 2.11. The highest BCUT2D eigenvalue weighted by Crippen LogP contribution is 2.17. The van der Waals surface area contributed by atoms with E-state index < -0.39 is 18.0 Å². The number of hydrogen-bond donors (Lipinski definition) is 0. The lowest BCUT2D eigenvalue weighted by atomic mass is 10.2. The largest absolute Gasteiger partial charge is 0.463 e. The summed E-state index contributed by atoms with van der Waals surface area (Å²) in [5.74, 6) is -1.04. The van der Waals surface area contributed by atoms with E-state index in [4.69, 9.17) is 9.47 Å². The number of ether oxygens (including phenoxy) is 2. The summed E-state index contributed by atoms with van der Waals surface area (Å²) >= 11 is 0. The van der Waals surface area contributed by atoms with Crippen LogP contribution in [0.1, 0.15) is 23.7 Å². The van der Waals surface area contributed by atoms with E-state index in [9.17, 15) is 9.59 Å². The van der Waals surface area contributed by atoms with Crippen LogP contribution in [0.4, 0.5) is 0 Å². The number of nitrogens with zero attached hydrogens (tertiary/aromatic N) is 3. The highest BCUT2D eigenvalue weighted by atomic mass is 16.6. The molecule has 0 bridgehead atoms. The standard InChI is InChI=1S/C13H13N3O4/c1-2-16-10-4-3-8(7-9(10)14-15-16)12(17)20-11-5-6-19-13(11)18/h3-4,7,11H,2,5-6H2,1H3/t11-/m1/s1. The number of carbonyl (C=O) groups is 2. The fraction of sp³-hybridized carbons (Fsp3) is 0.385. The Bertz CT molecular complexity index is 679. The molecule has 104 valence electrons. The zero-order valence-corrected chi connectivity index (χ0v) is 10.9. The maximum Gasteiger partial charge on any atom is 0.347 e. The van der Waals surface area contributed by atoms with Gasteiger partial charge in [-0.1, -0.05) is 5.21 Å². The molecule has 2 aromatic rings. The number of rotatable bonds is 3. The number of benzene rings is 1. The smallest absolute Gasteiger partial charge is 0.347 e. The molecule has 3 rings (SSSR count). The summed E-state index contributed by atoms with van der Waals surface area (Å²) in [4.78, 5) is 23.3. The second kappa shape index (κ2) is 4.92. The molecular formula is C13H13N3O4. The number of hydrogen-bond acceptors (Lipinski definition) is 6. The van der Waals surface area contributed by atoms with Crippen molar-refractivity contribution in [1.82, 2.24) is 15.0 Å². The Kier molecular flexibility index (Phi) is 3.09. The van der Waals surface area contributed by atoms with Gasteiger partial charge < -0.3 is 9.47 Å². The average Bonchev–Trinajstić information content (AvgIpc) is 3.04. The van der Waals surface area contributed by atoms with E-state index in [0.717, 1.165) is 5.52 Å². The maximum absolute atomic E-state index is 12.0. The van der Waals surface area contributed by atoms with E-state index in [1.807, 2.05) is 6.92 Å². The van der Waals surface area contributed by atoms with Crippen LogP contribution in [-0.4, -0.2) is 39.6 Å². The van der Waals surface area contributed by atoms with Gasteiger partial charge >= 0.3 is 11.9 Å². The first-order valence-corrected chi connectivity index (χ1v) is 6.40. The summed E-state index contributed by atoms with van der Waals surface area (Å²) < 4.78 is 11.6. The Hall–Kier alpha value is -2.44. The molecule has 1 fully saturated rings. The lowest BCUT2D eigenvalue weighted by molar-refractivity contribution is -0.145. The van der Waals surface area contributed by atoms with Crippen molar-refractivity contribution in [3.63, 3.8) is 0 Å². The van der Waals surface area contributed by atoms with Gasteiger partial charge in [-0.05, 0) is 25.1 Å². The summed E-state index contributed by atoms with van der Waals surface area (Å²) in [5.41, 5.74) is 1.82. The van der Waals surface area contributed by atoms with E-state index in [0.29, 0.717) is 30.7 Å². The molecule has 1 atom stereocenters. The molecule has 1 aromatic carbocycles. The second-order valence-corrected chi connectivity index (χ2v) is 4.46. The molecule has 0 saturated carbocycles. The Morgan fingerprint density at radius 2 is 2.40 bits per heavy atom. The van der Waals surface area contributed by atoms with Crippen molar-refractivity contribution < 1.29 is 19.1 Å².